The van der Waals surface area contributed by atoms with E-state index in [9.17, 15) is 5.11 Å². The maximum atomic E-state index is 10.3. The molecule has 18 heavy (non-hydrogen) atoms. The summed E-state index contributed by atoms with van der Waals surface area (Å²) in [6.45, 7) is 4.53. The van der Waals surface area contributed by atoms with Gasteiger partial charge in [-0.2, -0.15) is 5.10 Å². The zero-order valence-corrected chi connectivity index (χ0v) is 10.9. The highest BCUT2D eigenvalue weighted by molar-refractivity contribution is 5.34. The summed E-state index contributed by atoms with van der Waals surface area (Å²) in [6, 6.07) is 7.49. The normalized spacial score (nSPS) is 12.4. The van der Waals surface area contributed by atoms with Gasteiger partial charge in [-0.1, -0.05) is 12.1 Å². The molecule has 4 nitrogen and oxygen atoms in total. The summed E-state index contributed by atoms with van der Waals surface area (Å²) in [7, 11) is 1.86. The average Bonchev–Trinajstić information content (AvgIpc) is 2.71. The summed E-state index contributed by atoms with van der Waals surface area (Å²) in [6.07, 6.45) is 1.06. The van der Waals surface area contributed by atoms with E-state index in [-0.39, 0.29) is 0 Å². The fourth-order valence-corrected chi connectivity index (χ4v) is 1.88. The summed E-state index contributed by atoms with van der Waals surface area (Å²) in [5.74, 6) is 0.816. The third-order valence-corrected chi connectivity index (χ3v) is 3.07. The number of aliphatic hydroxyl groups excluding tert-OH is 1. The highest BCUT2D eigenvalue weighted by atomic mass is 16.5. The van der Waals surface area contributed by atoms with E-state index in [1.807, 2.05) is 45.2 Å². The Bertz CT molecular complexity index is 517. The molecule has 1 aromatic heterocycles. The van der Waals surface area contributed by atoms with E-state index in [2.05, 4.69) is 5.10 Å². The Morgan fingerprint density at radius 3 is 2.50 bits per heavy atom. The van der Waals surface area contributed by atoms with Crippen LogP contribution in [0.2, 0.25) is 0 Å². The first-order valence-corrected chi connectivity index (χ1v) is 6.02. The molecule has 1 aromatic carbocycles. The largest absolute Gasteiger partial charge is 0.494 e. The van der Waals surface area contributed by atoms with E-state index < -0.39 is 6.10 Å². The fraction of sp³-hybridized carbons (Fsp3) is 0.357. The Balaban J connectivity index is 2.23. The van der Waals surface area contributed by atoms with Gasteiger partial charge in [0.05, 0.1) is 12.8 Å². The number of benzene rings is 1. The van der Waals surface area contributed by atoms with Crippen molar-refractivity contribution in [3.05, 3.63) is 47.3 Å². The van der Waals surface area contributed by atoms with Gasteiger partial charge in [-0.15, -0.1) is 0 Å². The first-order valence-electron chi connectivity index (χ1n) is 6.02. The molecular weight excluding hydrogens is 228 g/mol. The van der Waals surface area contributed by atoms with Crippen LogP contribution in [0.15, 0.2) is 30.5 Å². The zero-order valence-electron chi connectivity index (χ0n) is 10.9. The monoisotopic (exact) mass is 246 g/mol. The van der Waals surface area contributed by atoms with Crippen LogP contribution in [-0.4, -0.2) is 21.5 Å². The minimum atomic E-state index is -0.644. The van der Waals surface area contributed by atoms with Crippen molar-refractivity contribution in [1.29, 1.82) is 0 Å². The molecule has 0 aliphatic rings. The molecule has 4 heteroatoms. The van der Waals surface area contributed by atoms with E-state index in [0.29, 0.717) is 6.61 Å². The van der Waals surface area contributed by atoms with Crippen molar-refractivity contribution >= 4 is 0 Å². The Morgan fingerprint density at radius 1 is 1.33 bits per heavy atom. The number of ether oxygens (including phenoxy) is 1. The summed E-state index contributed by atoms with van der Waals surface area (Å²) >= 11 is 0. The lowest BCUT2D eigenvalue weighted by molar-refractivity contribution is 0.219. The molecule has 1 heterocycles. The van der Waals surface area contributed by atoms with Crippen LogP contribution in [0.1, 0.15) is 29.8 Å². The minimum absolute atomic E-state index is 0.642. The van der Waals surface area contributed by atoms with Gasteiger partial charge in [0.2, 0.25) is 0 Å². The van der Waals surface area contributed by atoms with Crippen LogP contribution >= 0.6 is 0 Å². The van der Waals surface area contributed by atoms with Crippen LogP contribution in [0, 0.1) is 6.92 Å². The first-order chi connectivity index (χ1) is 8.63. The minimum Gasteiger partial charge on any atom is -0.494 e. The third kappa shape index (κ3) is 2.38. The van der Waals surface area contributed by atoms with Gasteiger partial charge in [0.15, 0.2) is 0 Å². The quantitative estimate of drug-likeness (QED) is 0.899. The molecule has 0 aliphatic heterocycles. The lowest BCUT2D eigenvalue weighted by Gasteiger charge is -2.11. The molecule has 0 saturated carbocycles. The molecule has 0 amide bonds. The topological polar surface area (TPSA) is 47.3 Å². The zero-order chi connectivity index (χ0) is 13.1. The van der Waals surface area contributed by atoms with Gasteiger partial charge in [0.25, 0.3) is 0 Å². The second-order valence-electron chi connectivity index (χ2n) is 4.21. The molecule has 0 bridgehead atoms. The van der Waals surface area contributed by atoms with Crippen LogP contribution in [0.4, 0.5) is 0 Å². The highest BCUT2D eigenvalue weighted by Crippen LogP contribution is 2.25. The van der Waals surface area contributed by atoms with Crippen molar-refractivity contribution in [2.75, 3.05) is 6.61 Å². The van der Waals surface area contributed by atoms with Crippen LogP contribution in [0.25, 0.3) is 0 Å². The Morgan fingerprint density at radius 2 is 2.00 bits per heavy atom. The van der Waals surface area contributed by atoms with Gasteiger partial charge in [-0.25, -0.2) is 0 Å². The van der Waals surface area contributed by atoms with Crippen molar-refractivity contribution < 1.29 is 9.84 Å². The lowest BCUT2D eigenvalue weighted by Crippen LogP contribution is -2.02. The molecule has 0 spiro atoms. The number of nitrogens with zero attached hydrogens (tertiary/aromatic N) is 2. The molecule has 0 radical (unpaired) electrons. The molecule has 96 valence electrons. The average molecular weight is 246 g/mol. The fourth-order valence-electron chi connectivity index (χ4n) is 1.88. The van der Waals surface area contributed by atoms with Crippen molar-refractivity contribution in [3.8, 4) is 5.75 Å². The number of rotatable bonds is 4. The molecule has 2 rings (SSSR count). The first kappa shape index (κ1) is 12.6. The van der Waals surface area contributed by atoms with E-state index in [0.717, 1.165) is 22.6 Å². The molecule has 0 fully saturated rings. The van der Waals surface area contributed by atoms with Gasteiger partial charge in [0, 0.05) is 18.3 Å². The van der Waals surface area contributed by atoms with Crippen molar-refractivity contribution in [2.24, 2.45) is 7.05 Å². The standard InChI is InChI=1S/C14H18N2O2/c1-4-18-12-7-5-11(6-8-12)14(17)13-9-15-16(3)10(13)2/h5-9,14,17H,4H2,1-3H3. The van der Waals surface area contributed by atoms with Crippen LogP contribution in [0.3, 0.4) is 0 Å². The summed E-state index contributed by atoms with van der Waals surface area (Å²) in [5.41, 5.74) is 2.65. The Labute approximate surface area is 107 Å². The molecule has 0 saturated heterocycles. The number of aryl methyl sites for hydroxylation is 1. The van der Waals surface area contributed by atoms with E-state index in [1.165, 1.54) is 0 Å². The predicted molar refractivity (Wildman–Crippen MR) is 69.6 cm³/mol. The summed E-state index contributed by atoms with van der Waals surface area (Å²) in [4.78, 5) is 0. The van der Waals surface area contributed by atoms with Gasteiger partial charge >= 0.3 is 0 Å². The predicted octanol–water partition coefficient (Wildman–Crippen LogP) is 2.21. The van der Waals surface area contributed by atoms with Crippen molar-refractivity contribution in [1.82, 2.24) is 9.78 Å². The number of hydrogen-bond acceptors (Lipinski definition) is 3. The molecule has 0 aliphatic carbocycles. The SMILES string of the molecule is CCOc1ccc(C(O)c2cnn(C)c2C)cc1. The Hall–Kier alpha value is -1.81. The van der Waals surface area contributed by atoms with E-state index in [1.54, 1.807) is 10.9 Å². The second-order valence-corrected chi connectivity index (χ2v) is 4.21. The van der Waals surface area contributed by atoms with Crippen LogP contribution < -0.4 is 4.74 Å². The lowest BCUT2D eigenvalue weighted by atomic mass is 10.0. The maximum Gasteiger partial charge on any atom is 0.119 e. The van der Waals surface area contributed by atoms with Crippen LogP contribution in [-0.2, 0) is 7.05 Å². The molecule has 1 unspecified atom stereocenters. The van der Waals surface area contributed by atoms with Gasteiger partial charge < -0.3 is 9.84 Å². The maximum absolute atomic E-state index is 10.3. The van der Waals surface area contributed by atoms with Gasteiger partial charge in [-0.3, -0.25) is 4.68 Å². The molecular formula is C14H18N2O2. The number of aliphatic hydroxyl groups is 1. The van der Waals surface area contributed by atoms with Crippen molar-refractivity contribution in [2.45, 2.75) is 20.0 Å². The van der Waals surface area contributed by atoms with Gasteiger partial charge in [0.1, 0.15) is 11.9 Å². The highest BCUT2D eigenvalue weighted by Gasteiger charge is 2.15. The summed E-state index contributed by atoms with van der Waals surface area (Å²) in [5, 5.41) is 14.5. The number of aromatic nitrogens is 2. The second kappa shape index (κ2) is 5.23. The smallest absolute Gasteiger partial charge is 0.119 e. The van der Waals surface area contributed by atoms with Crippen LogP contribution in [0.5, 0.6) is 5.75 Å². The van der Waals surface area contributed by atoms with Crippen molar-refractivity contribution in [3.63, 3.8) is 0 Å². The Kier molecular flexibility index (Phi) is 3.67. The van der Waals surface area contributed by atoms with Gasteiger partial charge in [-0.05, 0) is 31.5 Å². The number of hydrogen-bond donors (Lipinski definition) is 1. The van der Waals surface area contributed by atoms with E-state index >= 15 is 0 Å². The molecule has 2 aromatic rings. The third-order valence-electron chi connectivity index (χ3n) is 3.07. The molecule has 1 N–H and O–H groups in total. The molecule has 1 atom stereocenters. The summed E-state index contributed by atoms with van der Waals surface area (Å²) < 4.78 is 7.13. The van der Waals surface area contributed by atoms with E-state index in [4.69, 9.17) is 4.74 Å².